The van der Waals surface area contributed by atoms with Crippen molar-refractivity contribution in [2.45, 2.75) is 6.92 Å². The number of hydrogen-bond donors (Lipinski definition) is 0. The van der Waals surface area contributed by atoms with E-state index in [4.69, 9.17) is 4.98 Å². The number of rotatable bonds is 4. The topological polar surface area (TPSA) is 17.8 Å². The van der Waals surface area contributed by atoms with Gasteiger partial charge in [-0.05, 0) is 75.0 Å². The molecule has 8 rings (SSSR count). The minimum absolute atomic E-state index is 0.947. The smallest absolute Gasteiger partial charge is 0.145 e. The van der Waals surface area contributed by atoms with E-state index in [1.807, 2.05) is 12.1 Å². The summed E-state index contributed by atoms with van der Waals surface area (Å²) in [5.74, 6) is 0.947. The van der Waals surface area contributed by atoms with Gasteiger partial charge in [0.2, 0.25) is 0 Å². The Morgan fingerprint density at radius 1 is 0.429 bits per heavy atom. The number of aryl methyl sites for hydroxylation is 1. The summed E-state index contributed by atoms with van der Waals surface area (Å²) in [5, 5.41) is 5.06. The highest BCUT2D eigenvalue weighted by atomic mass is 15.1. The Kier molecular flexibility index (Phi) is 5.72. The first-order valence-electron chi connectivity index (χ1n) is 14.4. The molecule has 1 aromatic heterocycles. The molecule has 1 heterocycles. The van der Waals surface area contributed by atoms with E-state index in [0.29, 0.717) is 0 Å². The van der Waals surface area contributed by atoms with Crippen molar-refractivity contribution in [1.29, 1.82) is 0 Å². The van der Waals surface area contributed by atoms with Crippen molar-refractivity contribution in [2.24, 2.45) is 0 Å². The lowest BCUT2D eigenvalue weighted by Crippen LogP contribution is -1.97. The molecule has 0 N–H and O–H groups in total. The summed E-state index contributed by atoms with van der Waals surface area (Å²) >= 11 is 0. The molecule has 0 fully saturated rings. The molecule has 0 aliphatic rings. The largest absolute Gasteiger partial charge is 0.292 e. The summed E-state index contributed by atoms with van der Waals surface area (Å²) in [5.41, 5.74) is 10.6. The summed E-state index contributed by atoms with van der Waals surface area (Å²) < 4.78 is 2.27. The van der Waals surface area contributed by atoms with Gasteiger partial charge in [-0.1, -0.05) is 133 Å². The van der Waals surface area contributed by atoms with E-state index < -0.39 is 0 Å². The number of hydrogen-bond acceptors (Lipinski definition) is 1. The maximum atomic E-state index is 5.03. The Labute approximate surface area is 245 Å². The summed E-state index contributed by atoms with van der Waals surface area (Å²) in [4.78, 5) is 5.03. The van der Waals surface area contributed by atoms with Crippen LogP contribution >= 0.6 is 0 Å². The second-order valence-corrected chi connectivity index (χ2v) is 10.9. The molecule has 2 nitrogen and oxygen atoms in total. The summed E-state index contributed by atoms with van der Waals surface area (Å²) in [6.45, 7) is 2.14. The maximum Gasteiger partial charge on any atom is 0.145 e. The highest BCUT2D eigenvalue weighted by molar-refractivity contribution is 6.21. The third-order valence-electron chi connectivity index (χ3n) is 8.28. The van der Waals surface area contributed by atoms with Crippen LogP contribution in [0.25, 0.3) is 71.9 Å². The Morgan fingerprint density at radius 2 is 0.905 bits per heavy atom. The first kappa shape index (κ1) is 24.3. The third kappa shape index (κ3) is 3.92. The van der Waals surface area contributed by atoms with Crippen LogP contribution in [0.1, 0.15) is 5.56 Å². The van der Waals surface area contributed by atoms with Crippen LogP contribution in [0.15, 0.2) is 152 Å². The molecule has 0 saturated carbocycles. The van der Waals surface area contributed by atoms with Crippen molar-refractivity contribution in [3.8, 4) is 39.3 Å². The van der Waals surface area contributed by atoms with Crippen LogP contribution in [-0.2, 0) is 0 Å². The molecular formula is C40H28N2. The molecule has 8 aromatic rings. The molecule has 0 bridgehead atoms. The number of imidazole rings is 1. The average molecular weight is 537 g/mol. The summed E-state index contributed by atoms with van der Waals surface area (Å²) in [7, 11) is 0. The van der Waals surface area contributed by atoms with Gasteiger partial charge in [-0.2, -0.15) is 0 Å². The Balaban J connectivity index is 1.35. The summed E-state index contributed by atoms with van der Waals surface area (Å²) in [6, 6.07) is 54.3. The Hall–Kier alpha value is -5.47. The van der Waals surface area contributed by atoms with E-state index >= 15 is 0 Å². The van der Waals surface area contributed by atoms with Gasteiger partial charge >= 0.3 is 0 Å². The second kappa shape index (κ2) is 9.87. The fourth-order valence-electron chi connectivity index (χ4n) is 6.32. The minimum atomic E-state index is 0.947. The number of fused-ring (bicyclic) bond motifs is 3. The molecule has 198 valence electrons. The molecule has 0 unspecified atom stereocenters. The minimum Gasteiger partial charge on any atom is -0.292 e. The fraction of sp³-hybridized carbons (Fsp3) is 0.0250. The first-order chi connectivity index (χ1) is 20.8. The SMILES string of the molecule is Cc1ccc(-c2c3ccccc3c(-c3ccc(-n4c(-c5ccccc5)nc5ccccc54)cc3)c3ccccc23)cc1. The quantitative estimate of drug-likeness (QED) is 0.205. The van der Waals surface area contributed by atoms with Crippen LogP contribution in [0.3, 0.4) is 0 Å². The lowest BCUT2D eigenvalue weighted by Gasteiger charge is -2.18. The normalized spacial score (nSPS) is 11.5. The summed E-state index contributed by atoms with van der Waals surface area (Å²) in [6.07, 6.45) is 0. The first-order valence-corrected chi connectivity index (χ1v) is 14.4. The molecule has 42 heavy (non-hydrogen) atoms. The standard InChI is InChI=1S/C40H28N2/c1-27-19-21-28(22-20-27)38-32-13-5-7-15-34(32)39(35-16-8-6-14-33(35)38)29-23-25-31(26-24-29)42-37-18-10-9-17-36(37)41-40(42)30-11-3-2-4-12-30/h2-26H,1H3. The van der Waals surface area contributed by atoms with Gasteiger partial charge in [-0.25, -0.2) is 4.98 Å². The zero-order valence-electron chi connectivity index (χ0n) is 23.3. The van der Waals surface area contributed by atoms with Crippen LogP contribution < -0.4 is 0 Å². The van der Waals surface area contributed by atoms with Crippen LogP contribution in [0.2, 0.25) is 0 Å². The number of aromatic nitrogens is 2. The molecule has 0 amide bonds. The van der Waals surface area contributed by atoms with Crippen molar-refractivity contribution in [3.63, 3.8) is 0 Å². The molecule has 0 aliphatic heterocycles. The van der Waals surface area contributed by atoms with Gasteiger partial charge in [0.15, 0.2) is 0 Å². The van der Waals surface area contributed by atoms with Crippen LogP contribution in [0.5, 0.6) is 0 Å². The second-order valence-electron chi connectivity index (χ2n) is 10.9. The molecular weight excluding hydrogens is 508 g/mol. The van der Waals surface area contributed by atoms with E-state index in [2.05, 4.69) is 151 Å². The van der Waals surface area contributed by atoms with Crippen molar-refractivity contribution in [3.05, 3.63) is 157 Å². The van der Waals surface area contributed by atoms with Gasteiger partial charge in [0.25, 0.3) is 0 Å². The van der Waals surface area contributed by atoms with Gasteiger partial charge in [0.1, 0.15) is 5.82 Å². The third-order valence-corrected chi connectivity index (χ3v) is 8.28. The van der Waals surface area contributed by atoms with Crippen molar-refractivity contribution < 1.29 is 0 Å². The molecule has 0 atom stereocenters. The highest BCUT2D eigenvalue weighted by Gasteiger charge is 2.18. The van der Waals surface area contributed by atoms with E-state index in [0.717, 1.165) is 28.1 Å². The highest BCUT2D eigenvalue weighted by Crippen LogP contribution is 2.43. The van der Waals surface area contributed by atoms with Gasteiger partial charge in [-0.15, -0.1) is 0 Å². The van der Waals surface area contributed by atoms with E-state index in [1.54, 1.807) is 0 Å². The number of benzene rings is 7. The zero-order valence-corrected chi connectivity index (χ0v) is 23.3. The van der Waals surface area contributed by atoms with Crippen molar-refractivity contribution in [1.82, 2.24) is 9.55 Å². The lowest BCUT2D eigenvalue weighted by atomic mass is 9.86. The van der Waals surface area contributed by atoms with Gasteiger partial charge in [0, 0.05) is 11.3 Å². The van der Waals surface area contributed by atoms with Crippen LogP contribution in [-0.4, -0.2) is 9.55 Å². The zero-order chi connectivity index (χ0) is 28.0. The van der Waals surface area contributed by atoms with Gasteiger partial charge in [0.05, 0.1) is 11.0 Å². The molecule has 7 aromatic carbocycles. The average Bonchev–Trinajstić information content (AvgIpc) is 3.44. The molecule has 0 saturated heterocycles. The van der Waals surface area contributed by atoms with E-state index in [-0.39, 0.29) is 0 Å². The fourth-order valence-corrected chi connectivity index (χ4v) is 6.32. The van der Waals surface area contributed by atoms with Crippen LogP contribution in [0, 0.1) is 6.92 Å². The Bertz CT molecular complexity index is 2170. The predicted molar refractivity (Wildman–Crippen MR) is 177 cm³/mol. The monoisotopic (exact) mass is 536 g/mol. The lowest BCUT2D eigenvalue weighted by molar-refractivity contribution is 1.10. The van der Waals surface area contributed by atoms with E-state index in [9.17, 15) is 0 Å². The number of nitrogens with zero attached hydrogens (tertiary/aromatic N) is 2. The van der Waals surface area contributed by atoms with Crippen molar-refractivity contribution >= 4 is 32.6 Å². The predicted octanol–water partition coefficient (Wildman–Crippen LogP) is 10.6. The van der Waals surface area contributed by atoms with Crippen molar-refractivity contribution in [2.75, 3.05) is 0 Å². The maximum absolute atomic E-state index is 5.03. The molecule has 0 spiro atoms. The molecule has 2 heteroatoms. The molecule has 0 aliphatic carbocycles. The van der Waals surface area contributed by atoms with Crippen LogP contribution in [0.4, 0.5) is 0 Å². The number of para-hydroxylation sites is 2. The van der Waals surface area contributed by atoms with E-state index in [1.165, 1.54) is 49.4 Å². The Morgan fingerprint density at radius 3 is 1.48 bits per heavy atom. The van der Waals surface area contributed by atoms with Gasteiger partial charge in [-0.3, -0.25) is 4.57 Å². The molecule has 0 radical (unpaired) electrons. The van der Waals surface area contributed by atoms with Gasteiger partial charge < -0.3 is 0 Å².